The zero-order chi connectivity index (χ0) is 9.68. The monoisotopic (exact) mass is 201 g/mol. The maximum Gasteiger partial charge on any atom is 0.345 e. The first-order chi connectivity index (χ1) is 6.24. The summed E-state index contributed by atoms with van der Waals surface area (Å²) >= 11 is 1.25. The molecule has 0 aromatic carbocycles. The minimum Gasteiger partial charge on any atom is -0.477 e. The Morgan fingerprint density at radius 1 is 1.69 bits per heavy atom. The van der Waals surface area contributed by atoms with Gasteiger partial charge in [0.25, 0.3) is 0 Å². The number of aromatic carboxylic acids is 1. The van der Waals surface area contributed by atoms with Crippen LogP contribution >= 0.6 is 11.3 Å². The predicted octanol–water partition coefficient (Wildman–Crippen LogP) is 1.49. The van der Waals surface area contributed by atoms with Gasteiger partial charge in [0.05, 0.1) is 13.2 Å². The van der Waals surface area contributed by atoms with E-state index < -0.39 is 5.97 Å². The van der Waals surface area contributed by atoms with Crippen LogP contribution in [0.3, 0.4) is 0 Å². The van der Waals surface area contributed by atoms with Crippen LogP contribution in [0.15, 0.2) is 12.1 Å². The summed E-state index contributed by atoms with van der Waals surface area (Å²) in [4.78, 5) is 16.7. The zero-order valence-electron chi connectivity index (χ0n) is 7.24. The van der Waals surface area contributed by atoms with Gasteiger partial charge in [0, 0.05) is 4.88 Å². The first-order valence-electron chi connectivity index (χ1n) is 3.90. The van der Waals surface area contributed by atoms with Crippen molar-refractivity contribution in [3.8, 4) is 0 Å². The Kier molecular flexibility index (Phi) is 3.88. The van der Waals surface area contributed by atoms with Crippen LogP contribution in [0.5, 0.6) is 0 Å². The summed E-state index contributed by atoms with van der Waals surface area (Å²) in [6, 6.07) is 3.37. The molecule has 0 atom stereocenters. The molecule has 72 valence electrons. The summed E-state index contributed by atoms with van der Waals surface area (Å²) < 4.78 is 0. The summed E-state index contributed by atoms with van der Waals surface area (Å²) in [6.07, 6.45) is 0. The van der Waals surface area contributed by atoms with E-state index in [1.54, 1.807) is 12.1 Å². The van der Waals surface area contributed by atoms with Crippen molar-refractivity contribution in [3.05, 3.63) is 21.9 Å². The quantitative estimate of drug-likeness (QED) is 0.559. The molecule has 0 aliphatic heterocycles. The van der Waals surface area contributed by atoms with Crippen LogP contribution < -0.4 is 5.48 Å². The molecular weight excluding hydrogens is 190 g/mol. The molecule has 0 bridgehead atoms. The number of hydrogen-bond donors (Lipinski definition) is 2. The van der Waals surface area contributed by atoms with Crippen molar-refractivity contribution in [3.63, 3.8) is 0 Å². The van der Waals surface area contributed by atoms with Crippen LogP contribution in [0.4, 0.5) is 0 Å². The van der Waals surface area contributed by atoms with Gasteiger partial charge in [-0.15, -0.1) is 11.3 Å². The Morgan fingerprint density at radius 3 is 3.00 bits per heavy atom. The summed E-state index contributed by atoms with van der Waals surface area (Å²) in [5.74, 6) is -0.882. The fraction of sp³-hybridized carbons (Fsp3) is 0.375. The van der Waals surface area contributed by atoms with Crippen molar-refractivity contribution >= 4 is 17.3 Å². The first kappa shape index (κ1) is 10.2. The van der Waals surface area contributed by atoms with E-state index in [2.05, 4.69) is 5.48 Å². The van der Waals surface area contributed by atoms with E-state index in [1.165, 1.54) is 11.3 Å². The topological polar surface area (TPSA) is 58.6 Å². The molecule has 1 aromatic heterocycles. The van der Waals surface area contributed by atoms with E-state index in [-0.39, 0.29) is 0 Å². The summed E-state index contributed by atoms with van der Waals surface area (Å²) in [7, 11) is 0. The van der Waals surface area contributed by atoms with E-state index in [4.69, 9.17) is 9.94 Å². The normalized spacial score (nSPS) is 10.2. The molecule has 0 amide bonds. The Morgan fingerprint density at radius 2 is 2.46 bits per heavy atom. The average molecular weight is 201 g/mol. The van der Waals surface area contributed by atoms with Crippen molar-refractivity contribution in [2.75, 3.05) is 6.61 Å². The van der Waals surface area contributed by atoms with E-state index in [9.17, 15) is 4.79 Å². The Balaban J connectivity index is 2.44. The second-order valence-corrected chi connectivity index (χ2v) is 3.49. The molecule has 0 fully saturated rings. The molecule has 0 saturated heterocycles. The highest BCUT2D eigenvalue weighted by atomic mass is 32.1. The molecule has 4 nitrogen and oxygen atoms in total. The lowest BCUT2D eigenvalue weighted by atomic mass is 10.4. The molecule has 0 aliphatic carbocycles. The van der Waals surface area contributed by atoms with E-state index >= 15 is 0 Å². The van der Waals surface area contributed by atoms with E-state index in [1.807, 2.05) is 6.92 Å². The summed E-state index contributed by atoms with van der Waals surface area (Å²) in [5.41, 5.74) is 2.72. The lowest BCUT2D eigenvalue weighted by Crippen LogP contribution is -2.12. The van der Waals surface area contributed by atoms with Gasteiger partial charge in [0.2, 0.25) is 0 Å². The molecule has 1 heterocycles. The van der Waals surface area contributed by atoms with Gasteiger partial charge in [0.1, 0.15) is 4.88 Å². The maximum absolute atomic E-state index is 10.5. The van der Waals surface area contributed by atoms with Gasteiger partial charge in [-0.25, -0.2) is 4.79 Å². The lowest BCUT2D eigenvalue weighted by molar-refractivity contribution is 0.0469. The number of hydroxylamine groups is 1. The molecule has 0 radical (unpaired) electrons. The molecule has 0 unspecified atom stereocenters. The fourth-order valence-electron chi connectivity index (χ4n) is 0.812. The molecule has 5 heteroatoms. The highest BCUT2D eigenvalue weighted by Gasteiger charge is 2.05. The van der Waals surface area contributed by atoms with E-state index in [0.717, 1.165) is 4.88 Å². The van der Waals surface area contributed by atoms with Crippen molar-refractivity contribution in [2.24, 2.45) is 0 Å². The fourth-order valence-corrected chi connectivity index (χ4v) is 1.59. The third-order valence-corrected chi connectivity index (χ3v) is 2.44. The molecule has 1 aromatic rings. The maximum atomic E-state index is 10.5. The van der Waals surface area contributed by atoms with Crippen molar-refractivity contribution in [1.82, 2.24) is 5.48 Å². The minimum atomic E-state index is -0.882. The first-order valence-corrected chi connectivity index (χ1v) is 4.72. The van der Waals surface area contributed by atoms with E-state index in [0.29, 0.717) is 18.0 Å². The highest BCUT2D eigenvalue weighted by molar-refractivity contribution is 7.13. The SMILES string of the molecule is CCONCc1ccc(C(=O)O)s1. The number of carboxylic acid groups (broad SMARTS) is 1. The molecular formula is C8H11NO3S. The number of nitrogens with one attached hydrogen (secondary N) is 1. The minimum absolute atomic E-state index is 0.355. The van der Waals surface area contributed by atoms with Gasteiger partial charge in [-0.3, -0.25) is 0 Å². The second kappa shape index (κ2) is 4.96. The molecule has 0 saturated carbocycles. The van der Waals surface area contributed by atoms with Gasteiger partial charge in [-0.2, -0.15) is 5.48 Å². The Bertz CT molecular complexity index is 285. The zero-order valence-corrected chi connectivity index (χ0v) is 8.06. The van der Waals surface area contributed by atoms with Crippen molar-refractivity contribution in [2.45, 2.75) is 13.5 Å². The van der Waals surface area contributed by atoms with Crippen LogP contribution in [-0.2, 0) is 11.4 Å². The van der Waals surface area contributed by atoms with Crippen molar-refractivity contribution in [1.29, 1.82) is 0 Å². The number of carboxylic acids is 1. The van der Waals surface area contributed by atoms with Crippen LogP contribution in [0.1, 0.15) is 21.5 Å². The van der Waals surface area contributed by atoms with Gasteiger partial charge < -0.3 is 9.94 Å². The molecule has 0 aliphatic rings. The number of rotatable bonds is 5. The van der Waals surface area contributed by atoms with Crippen LogP contribution in [0.25, 0.3) is 0 Å². The summed E-state index contributed by atoms with van der Waals surface area (Å²) in [5, 5.41) is 8.63. The standard InChI is InChI=1S/C8H11NO3S/c1-2-12-9-5-6-3-4-7(13-6)8(10)11/h3-4,9H,2,5H2,1H3,(H,10,11). The number of thiophene rings is 1. The van der Waals surface area contributed by atoms with Crippen LogP contribution in [-0.4, -0.2) is 17.7 Å². The van der Waals surface area contributed by atoms with Crippen LogP contribution in [0.2, 0.25) is 0 Å². The third kappa shape index (κ3) is 3.14. The molecule has 13 heavy (non-hydrogen) atoms. The second-order valence-electron chi connectivity index (χ2n) is 2.33. The van der Waals surface area contributed by atoms with Gasteiger partial charge >= 0.3 is 5.97 Å². The average Bonchev–Trinajstić information content (AvgIpc) is 2.53. The number of carbonyl (C=O) groups is 1. The largest absolute Gasteiger partial charge is 0.477 e. The Labute approximate surface area is 80.1 Å². The van der Waals surface area contributed by atoms with Crippen molar-refractivity contribution < 1.29 is 14.7 Å². The summed E-state index contributed by atoms with van der Waals surface area (Å²) in [6.45, 7) is 3.02. The number of hydrogen-bond acceptors (Lipinski definition) is 4. The highest BCUT2D eigenvalue weighted by Crippen LogP contribution is 2.15. The molecule has 1 rings (SSSR count). The molecule has 0 spiro atoms. The predicted molar refractivity (Wildman–Crippen MR) is 49.7 cm³/mol. The smallest absolute Gasteiger partial charge is 0.345 e. The van der Waals surface area contributed by atoms with Crippen LogP contribution in [0, 0.1) is 0 Å². The van der Waals surface area contributed by atoms with Gasteiger partial charge in [-0.05, 0) is 19.1 Å². The van der Waals surface area contributed by atoms with Gasteiger partial charge in [-0.1, -0.05) is 0 Å². The molecule has 2 N–H and O–H groups in total. The Hall–Kier alpha value is -0.910. The van der Waals surface area contributed by atoms with Gasteiger partial charge in [0.15, 0.2) is 0 Å². The third-order valence-electron chi connectivity index (χ3n) is 1.37. The lowest BCUT2D eigenvalue weighted by Gasteiger charge is -1.99.